The van der Waals surface area contributed by atoms with Crippen molar-refractivity contribution in [2.45, 2.75) is 33.6 Å². The monoisotopic (exact) mass is 277 g/mol. The summed E-state index contributed by atoms with van der Waals surface area (Å²) < 4.78 is 10.8. The molecule has 0 aliphatic rings. The third-order valence-corrected chi connectivity index (χ3v) is 2.86. The van der Waals surface area contributed by atoms with Crippen molar-refractivity contribution in [1.29, 1.82) is 0 Å². The number of H-pyrrole nitrogens is 1. The summed E-state index contributed by atoms with van der Waals surface area (Å²) in [5.74, 6) is 1.91. The van der Waals surface area contributed by atoms with Crippen LogP contribution in [0.2, 0.25) is 0 Å². The van der Waals surface area contributed by atoms with Gasteiger partial charge >= 0.3 is 0 Å². The van der Waals surface area contributed by atoms with Crippen LogP contribution in [0.4, 0.5) is 0 Å². The van der Waals surface area contributed by atoms with Gasteiger partial charge in [0, 0.05) is 11.6 Å². The molecular weight excluding hydrogens is 254 g/mol. The predicted octanol–water partition coefficient (Wildman–Crippen LogP) is 3.64. The average Bonchev–Trinajstić information content (AvgIpc) is 3.01. The van der Waals surface area contributed by atoms with Gasteiger partial charge in [-0.3, -0.25) is 0 Å². The van der Waals surface area contributed by atoms with Crippen LogP contribution in [0.1, 0.15) is 39.2 Å². The lowest BCUT2D eigenvalue weighted by molar-refractivity contribution is 0.390. The van der Waals surface area contributed by atoms with Gasteiger partial charge in [0.15, 0.2) is 0 Å². The van der Waals surface area contributed by atoms with E-state index in [1.54, 1.807) is 20.4 Å². The van der Waals surface area contributed by atoms with E-state index in [-0.39, 0.29) is 0 Å². The van der Waals surface area contributed by atoms with E-state index in [9.17, 15) is 0 Å². The van der Waals surface area contributed by atoms with Gasteiger partial charge in [-0.2, -0.15) is 15.4 Å². The van der Waals surface area contributed by atoms with Crippen molar-refractivity contribution in [2.24, 2.45) is 0 Å². The van der Waals surface area contributed by atoms with Gasteiger partial charge in [0.05, 0.1) is 20.4 Å². The van der Waals surface area contributed by atoms with E-state index in [1.165, 1.54) is 0 Å². The molecule has 0 unspecified atom stereocenters. The van der Waals surface area contributed by atoms with E-state index in [2.05, 4.69) is 29.3 Å². The highest BCUT2D eigenvalue weighted by atomic mass is 16.5. The molecule has 0 atom stereocenters. The second-order valence-corrected chi connectivity index (χ2v) is 4.30. The minimum absolute atomic E-state index is 0.358. The molecule has 2 rings (SSSR count). The quantitative estimate of drug-likeness (QED) is 0.927. The molecule has 0 bridgehead atoms. The van der Waals surface area contributed by atoms with Gasteiger partial charge in [-0.05, 0) is 17.5 Å². The standard InChI is InChI=1S/C13H17N3O2.C2H6/c1-8(2)9-5-10(11-7-14-16-15-11)13(18-4)6-12(9)17-3;1-2/h5-8H,1-4H3,(H,14,15,16);1-2H3. The molecule has 20 heavy (non-hydrogen) atoms. The minimum Gasteiger partial charge on any atom is -0.496 e. The molecule has 0 fully saturated rings. The van der Waals surface area contributed by atoms with E-state index in [0.29, 0.717) is 5.92 Å². The number of hydrogen-bond acceptors (Lipinski definition) is 4. The Morgan fingerprint density at radius 2 is 1.70 bits per heavy atom. The highest BCUT2D eigenvalue weighted by Crippen LogP contribution is 2.37. The Kier molecular flexibility index (Phi) is 6.03. The van der Waals surface area contributed by atoms with E-state index in [0.717, 1.165) is 28.3 Å². The lowest BCUT2D eigenvalue weighted by atomic mass is 9.98. The molecule has 0 spiro atoms. The van der Waals surface area contributed by atoms with E-state index in [1.807, 2.05) is 26.0 Å². The number of aromatic amines is 1. The lowest BCUT2D eigenvalue weighted by Gasteiger charge is -2.15. The largest absolute Gasteiger partial charge is 0.496 e. The zero-order valence-corrected chi connectivity index (χ0v) is 13.0. The number of aromatic nitrogens is 3. The van der Waals surface area contributed by atoms with E-state index in [4.69, 9.17) is 9.47 Å². The molecule has 1 aromatic heterocycles. The van der Waals surface area contributed by atoms with Crippen LogP contribution in [0.5, 0.6) is 11.5 Å². The number of nitrogens with zero attached hydrogens (tertiary/aromatic N) is 2. The fourth-order valence-corrected chi connectivity index (χ4v) is 1.91. The van der Waals surface area contributed by atoms with Crippen LogP contribution in [0, 0.1) is 0 Å². The maximum atomic E-state index is 5.40. The van der Waals surface area contributed by atoms with Gasteiger partial charge in [-0.15, -0.1) is 0 Å². The molecular formula is C15H23N3O2. The molecule has 0 amide bonds. The molecule has 5 nitrogen and oxygen atoms in total. The first kappa shape index (κ1) is 16.0. The van der Waals surface area contributed by atoms with Crippen LogP contribution >= 0.6 is 0 Å². The first-order chi connectivity index (χ1) is 9.67. The molecule has 110 valence electrons. The lowest BCUT2D eigenvalue weighted by Crippen LogP contribution is -1.98. The molecule has 5 heteroatoms. The maximum absolute atomic E-state index is 5.40. The predicted molar refractivity (Wildman–Crippen MR) is 80.4 cm³/mol. The van der Waals surface area contributed by atoms with E-state index >= 15 is 0 Å². The second-order valence-electron chi connectivity index (χ2n) is 4.30. The Morgan fingerprint density at radius 3 is 2.15 bits per heavy atom. The third kappa shape index (κ3) is 3.29. The highest BCUT2D eigenvalue weighted by Gasteiger charge is 2.16. The SMILES string of the molecule is CC.COc1cc(OC)c(C(C)C)cc1-c1cn[nH]n1. The van der Waals surface area contributed by atoms with Crippen LogP contribution in [0.3, 0.4) is 0 Å². The van der Waals surface area contributed by atoms with Crippen LogP contribution < -0.4 is 9.47 Å². The normalized spacial score (nSPS) is 9.95. The Hall–Kier alpha value is -2.04. The molecule has 2 aromatic rings. The van der Waals surface area contributed by atoms with Gasteiger partial charge in [-0.25, -0.2) is 0 Å². The topological polar surface area (TPSA) is 60.0 Å². The number of hydrogen-bond donors (Lipinski definition) is 1. The van der Waals surface area contributed by atoms with Crippen molar-refractivity contribution in [3.63, 3.8) is 0 Å². The fourth-order valence-electron chi connectivity index (χ4n) is 1.91. The van der Waals surface area contributed by atoms with Gasteiger partial charge in [0.1, 0.15) is 17.2 Å². The summed E-state index contributed by atoms with van der Waals surface area (Å²) in [4.78, 5) is 0. The van der Waals surface area contributed by atoms with Crippen molar-refractivity contribution < 1.29 is 9.47 Å². The Morgan fingerprint density at radius 1 is 1.05 bits per heavy atom. The Labute approximate surface area is 120 Å². The van der Waals surface area contributed by atoms with Crippen LogP contribution in [-0.4, -0.2) is 29.6 Å². The first-order valence-electron chi connectivity index (χ1n) is 6.79. The van der Waals surface area contributed by atoms with Crippen LogP contribution in [-0.2, 0) is 0 Å². The second kappa shape index (κ2) is 7.53. The summed E-state index contributed by atoms with van der Waals surface area (Å²) in [5, 5.41) is 10.5. The number of methoxy groups -OCH3 is 2. The van der Waals surface area contributed by atoms with Gasteiger partial charge < -0.3 is 9.47 Å². The van der Waals surface area contributed by atoms with Crippen molar-refractivity contribution in [2.75, 3.05) is 14.2 Å². The Balaban J connectivity index is 0.000000956. The molecule has 0 aliphatic carbocycles. The molecule has 1 heterocycles. The van der Waals surface area contributed by atoms with Gasteiger partial charge in [0.2, 0.25) is 0 Å². The smallest absolute Gasteiger partial charge is 0.132 e. The maximum Gasteiger partial charge on any atom is 0.132 e. The summed E-state index contributed by atoms with van der Waals surface area (Å²) in [5.41, 5.74) is 2.79. The number of rotatable bonds is 4. The van der Waals surface area contributed by atoms with Crippen LogP contribution in [0.15, 0.2) is 18.3 Å². The summed E-state index contributed by atoms with van der Waals surface area (Å²) in [6.07, 6.45) is 1.68. The molecule has 1 aromatic carbocycles. The molecule has 0 saturated heterocycles. The van der Waals surface area contributed by atoms with Crippen LogP contribution in [0.25, 0.3) is 11.3 Å². The highest BCUT2D eigenvalue weighted by molar-refractivity contribution is 5.69. The average molecular weight is 277 g/mol. The third-order valence-electron chi connectivity index (χ3n) is 2.86. The zero-order valence-electron chi connectivity index (χ0n) is 13.0. The van der Waals surface area contributed by atoms with Gasteiger partial charge in [-0.1, -0.05) is 27.7 Å². The van der Waals surface area contributed by atoms with Crippen molar-refractivity contribution in [1.82, 2.24) is 15.4 Å². The number of nitrogens with one attached hydrogen (secondary N) is 1. The first-order valence-corrected chi connectivity index (χ1v) is 6.79. The fraction of sp³-hybridized carbons (Fsp3) is 0.467. The summed E-state index contributed by atoms with van der Waals surface area (Å²) >= 11 is 0. The molecule has 1 N–H and O–H groups in total. The summed E-state index contributed by atoms with van der Waals surface area (Å²) in [7, 11) is 3.30. The molecule has 0 radical (unpaired) electrons. The van der Waals surface area contributed by atoms with Crippen molar-refractivity contribution in [3.05, 3.63) is 23.9 Å². The summed E-state index contributed by atoms with van der Waals surface area (Å²) in [6, 6.07) is 3.93. The minimum atomic E-state index is 0.358. The molecule has 0 saturated carbocycles. The van der Waals surface area contributed by atoms with E-state index < -0.39 is 0 Å². The Bertz CT molecular complexity index is 522. The van der Waals surface area contributed by atoms with Crippen molar-refractivity contribution >= 4 is 0 Å². The number of benzene rings is 1. The van der Waals surface area contributed by atoms with Gasteiger partial charge in [0.25, 0.3) is 0 Å². The van der Waals surface area contributed by atoms with Crippen molar-refractivity contribution in [3.8, 4) is 22.8 Å². The molecule has 0 aliphatic heterocycles. The summed E-state index contributed by atoms with van der Waals surface area (Å²) in [6.45, 7) is 8.24. The zero-order chi connectivity index (χ0) is 15.1. The number of ether oxygens (including phenoxy) is 2.